The molecule has 9 heteroatoms. The number of alkyl halides is 3. The van der Waals surface area contributed by atoms with E-state index in [2.05, 4.69) is 0 Å². The Hall–Kier alpha value is -2.15. The summed E-state index contributed by atoms with van der Waals surface area (Å²) in [4.78, 5) is 27.8. The first kappa shape index (κ1) is 23.3. The average Bonchev–Trinajstić information content (AvgIpc) is 3.18. The lowest BCUT2D eigenvalue weighted by Gasteiger charge is -2.57. The number of piperidine rings is 1. The Bertz CT molecular complexity index is 1180. The number of carbonyl (C=O) groups is 2. The van der Waals surface area contributed by atoms with Crippen LogP contribution in [-0.4, -0.2) is 45.9 Å². The Morgan fingerprint density at radius 3 is 2.74 bits per heavy atom. The maximum Gasteiger partial charge on any atom is 0.410 e. The van der Waals surface area contributed by atoms with Crippen LogP contribution >= 0.6 is 34.8 Å². The van der Waals surface area contributed by atoms with Crippen LogP contribution < -0.4 is 9.47 Å². The van der Waals surface area contributed by atoms with Gasteiger partial charge in [-0.05, 0) is 42.4 Å². The molecule has 184 valence electrons. The summed E-state index contributed by atoms with van der Waals surface area (Å²) < 4.78 is 16.3. The molecule has 1 unspecified atom stereocenters. The predicted molar refractivity (Wildman–Crippen MR) is 131 cm³/mol. The van der Waals surface area contributed by atoms with Crippen molar-refractivity contribution in [3.63, 3.8) is 0 Å². The zero-order chi connectivity index (χ0) is 24.4. The van der Waals surface area contributed by atoms with Gasteiger partial charge in [0, 0.05) is 24.6 Å². The summed E-state index contributed by atoms with van der Waals surface area (Å²) in [6.45, 7) is 0.542. The Kier molecular flexibility index (Phi) is 5.62. The highest BCUT2D eigenvalue weighted by molar-refractivity contribution is 6.67. The van der Waals surface area contributed by atoms with Crippen molar-refractivity contribution in [1.82, 2.24) is 4.90 Å². The maximum atomic E-state index is 13.1. The lowest BCUT2D eigenvalue weighted by Crippen LogP contribution is -2.67. The molecule has 35 heavy (non-hydrogen) atoms. The van der Waals surface area contributed by atoms with Crippen LogP contribution in [0, 0.1) is 5.92 Å². The molecule has 2 bridgehead atoms. The van der Waals surface area contributed by atoms with Crippen LogP contribution in [0.15, 0.2) is 42.5 Å². The minimum Gasteiger partial charge on any atom is -0.485 e. The van der Waals surface area contributed by atoms with E-state index in [-0.39, 0.29) is 24.3 Å². The number of likely N-dealkylation sites (tertiary alicyclic amines) is 1. The monoisotopic (exact) mass is 535 g/mol. The Morgan fingerprint density at radius 2 is 1.97 bits per heavy atom. The minimum absolute atomic E-state index is 0.0809. The smallest absolute Gasteiger partial charge is 0.410 e. The van der Waals surface area contributed by atoms with Crippen molar-refractivity contribution in [2.75, 3.05) is 13.2 Å². The van der Waals surface area contributed by atoms with Gasteiger partial charge in [0.05, 0.1) is 5.41 Å². The third-order valence-corrected chi connectivity index (χ3v) is 8.25. The second kappa shape index (κ2) is 8.46. The van der Waals surface area contributed by atoms with Crippen molar-refractivity contribution in [3.05, 3.63) is 59.2 Å². The van der Waals surface area contributed by atoms with Crippen molar-refractivity contribution >= 4 is 46.7 Å². The first-order valence-electron chi connectivity index (χ1n) is 11.8. The van der Waals surface area contributed by atoms with E-state index in [1.165, 1.54) is 0 Å². The van der Waals surface area contributed by atoms with Crippen LogP contribution in [0.5, 0.6) is 11.5 Å². The predicted octanol–water partition coefficient (Wildman–Crippen LogP) is 5.38. The molecule has 2 aromatic rings. The largest absolute Gasteiger partial charge is 0.485 e. The lowest BCUT2D eigenvalue weighted by molar-refractivity contribution is -0.138. The number of benzene rings is 2. The summed E-state index contributed by atoms with van der Waals surface area (Å²) in [6, 6.07) is 13.8. The number of Topliss-reactive ketones (excluding diaryl/α,β-unsaturated/α-hetero) is 1. The molecule has 2 heterocycles. The molecular weight excluding hydrogens is 513 g/mol. The topological polar surface area (TPSA) is 65.1 Å². The molecule has 0 N–H and O–H groups in total. The first-order chi connectivity index (χ1) is 16.8. The Balaban J connectivity index is 1.34. The van der Waals surface area contributed by atoms with Gasteiger partial charge < -0.3 is 19.1 Å². The summed E-state index contributed by atoms with van der Waals surface area (Å²) in [7, 11) is 0. The van der Waals surface area contributed by atoms with Gasteiger partial charge in [-0.3, -0.25) is 4.79 Å². The summed E-state index contributed by atoms with van der Waals surface area (Å²) in [5, 5.41) is 0. The van der Waals surface area contributed by atoms with Gasteiger partial charge in [0.1, 0.15) is 13.2 Å². The number of ketones is 1. The Morgan fingerprint density at radius 1 is 1.17 bits per heavy atom. The van der Waals surface area contributed by atoms with Crippen LogP contribution in [0.4, 0.5) is 4.79 Å². The zero-order valence-electron chi connectivity index (χ0n) is 18.8. The molecule has 2 aliphatic heterocycles. The SMILES string of the molecule is O=C1CC[C@H]2[C@H]3Cc4ccc(OCc5ccccc5)c5c4[C@@]2(CCN3C(=O)OCC(Cl)(Cl)Cl)C1O5. The van der Waals surface area contributed by atoms with E-state index in [1.807, 2.05) is 42.5 Å². The molecule has 1 saturated carbocycles. The normalized spacial score (nSPS) is 28.3. The van der Waals surface area contributed by atoms with Crippen molar-refractivity contribution < 1.29 is 23.8 Å². The van der Waals surface area contributed by atoms with Crippen LogP contribution in [0.3, 0.4) is 0 Å². The summed E-state index contributed by atoms with van der Waals surface area (Å²) in [5.41, 5.74) is 2.78. The highest BCUT2D eigenvalue weighted by atomic mass is 35.6. The van der Waals surface area contributed by atoms with Gasteiger partial charge in [0.25, 0.3) is 0 Å². The molecule has 1 spiro atoms. The van der Waals surface area contributed by atoms with E-state index in [4.69, 9.17) is 49.0 Å². The van der Waals surface area contributed by atoms with E-state index in [1.54, 1.807) is 4.90 Å². The summed E-state index contributed by atoms with van der Waals surface area (Å²) in [6.07, 6.45) is 1.34. The fourth-order valence-electron chi connectivity index (χ4n) is 6.62. The van der Waals surface area contributed by atoms with Gasteiger partial charge >= 0.3 is 6.09 Å². The van der Waals surface area contributed by atoms with Crippen LogP contribution in [0.1, 0.15) is 36.0 Å². The molecule has 4 atom stereocenters. The molecule has 1 saturated heterocycles. The fourth-order valence-corrected chi connectivity index (χ4v) is 6.78. The van der Waals surface area contributed by atoms with Gasteiger partial charge in [-0.15, -0.1) is 0 Å². The molecule has 0 aromatic heterocycles. The standard InChI is InChI=1S/C26H24Cl3NO5/c27-26(28,29)14-34-24(32)30-11-10-25-17-7-8-19(31)23(25)35-22-20(33-13-15-4-2-1-3-5-15)9-6-16(21(22)25)12-18(17)30/h1-6,9,17-18,23H,7-8,10-14H2/t17-,18+,23?,25-/m0/s1. The highest BCUT2D eigenvalue weighted by Crippen LogP contribution is 2.63. The van der Waals surface area contributed by atoms with Gasteiger partial charge in [-0.2, -0.15) is 0 Å². The molecule has 2 aliphatic carbocycles. The first-order valence-corrected chi connectivity index (χ1v) is 12.9. The second-order valence-corrected chi connectivity index (χ2v) is 12.3. The summed E-state index contributed by atoms with van der Waals surface area (Å²) in [5.74, 6) is 1.54. The van der Waals surface area contributed by atoms with Crippen LogP contribution in [0.25, 0.3) is 0 Å². The van der Waals surface area contributed by atoms with Crippen LogP contribution in [-0.2, 0) is 28.0 Å². The second-order valence-electron chi connectivity index (χ2n) is 9.74. The molecule has 0 radical (unpaired) electrons. The third-order valence-electron chi connectivity index (χ3n) is 7.92. The number of amides is 1. The quantitative estimate of drug-likeness (QED) is 0.491. The van der Waals surface area contributed by atoms with Crippen molar-refractivity contribution in [1.29, 1.82) is 0 Å². The zero-order valence-corrected chi connectivity index (χ0v) is 21.1. The number of hydrogen-bond donors (Lipinski definition) is 0. The summed E-state index contributed by atoms with van der Waals surface area (Å²) >= 11 is 17.4. The van der Waals surface area contributed by atoms with E-state index in [0.29, 0.717) is 50.3 Å². The number of rotatable bonds is 4. The number of carbonyl (C=O) groups excluding carboxylic acids is 2. The minimum atomic E-state index is -1.67. The Labute approximate surface area is 218 Å². The molecule has 1 amide bonds. The number of ether oxygens (including phenoxy) is 3. The maximum absolute atomic E-state index is 13.1. The van der Waals surface area contributed by atoms with Gasteiger partial charge in [0.15, 0.2) is 23.4 Å². The molecule has 2 fully saturated rings. The van der Waals surface area contributed by atoms with Crippen molar-refractivity contribution in [2.24, 2.45) is 5.92 Å². The number of halogens is 3. The lowest BCUT2D eigenvalue weighted by atomic mass is 9.51. The molecular formula is C26H24Cl3NO5. The van der Waals surface area contributed by atoms with E-state index >= 15 is 0 Å². The van der Waals surface area contributed by atoms with Gasteiger partial charge in [-0.25, -0.2) is 4.79 Å². The van der Waals surface area contributed by atoms with Crippen LogP contribution in [0.2, 0.25) is 0 Å². The van der Waals surface area contributed by atoms with Gasteiger partial charge in [-0.1, -0.05) is 71.2 Å². The molecule has 6 nitrogen and oxygen atoms in total. The highest BCUT2D eigenvalue weighted by Gasteiger charge is 2.66. The molecule has 4 aliphatic rings. The average molecular weight is 537 g/mol. The fraction of sp³-hybridized carbons (Fsp3) is 0.462. The van der Waals surface area contributed by atoms with E-state index in [9.17, 15) is 9.59 Å². The van der Waals surface area contributed by atoms with Crippen molar-refractivity contribution in [3.8, 4) is 11.5 Å². The molecule has 2 aromatic carbocycles. The third kappa shape index (κ3) is 3.76. The van der Waals surface area contributed by atoms with E-state index in [0.717, 1.165) is 16.7 Å². The van der Waals surface area contributed by atoms with Crippen molar-refractivity contribution in [2.45, 2.75) is 53.6 Å². The van der Waals surface area contributed by atoms with E-state index < -0.39 is 21.4 Å². The number of hydrogen-bond acceptors (Lipinski definition) is 5. The molecule has 6 rings (SSSR count). The van der Waals surface area contributed by atoms with Gasteiger partial charge in [0.2, 0.25) is 3.79 Å². The number of nitrogens with zero attached hydrogens (tertiary/aromatic N) is 1.